The minimum absolute atomic E-state index is 0.0601. The van der Waals surface area contributed by atoms with Gasteiger partial charge in [-0.2, -0.15) is 0 Å². The summed E-state index contributed by atoms with van der Waals surface area (Å²) < 4.78 is 10.4. The molecule has 0 radical (unpaired) electrons. The second-order valence-electron chi connectivity index (χ2n) is 5.57. The molecule has 126 valence electrons. The van der Waals surface area contributed by atoms with Gasteiger partial charge in [0.05, 0.1) is 26.1 Å². The lowest BCUT2D eigenvalue weighted by Gasteiger charge is -2.17. The molecule has 2 rings (SSSR count). The maximum absolute atomic E-state index is 12.2. The van der Waals surface area contributed by atoms with E-state index in [9.17, 15) is 14.7 Å². The average molecular weight is 321 g/mol. The van der Waals surface area contributed by atoms with Gasteiger partial charge in [-0.25, -0.2) is 0 Å². The molecular weight excluding hydrogens is 298 g/mol. The average Bonchev–Trinajstić information content (AvgIpc) is 3.01. The first-order chi connectivity index (χ1) is 11.1. The zero-order valence-corrected chi connectivity index (χ0v) is 13.5. The smallest absolute Gasteiger partial charge is 0.308 e. The summed E-state index contributed by atoms with van der Waals surface area (Å²) in [5.74, 6) is -1.07. The van der Waals surface area contributed by atoms with Gasteiger partial charge in [0.15, 0.2) is 0 Å². The number of rotatable bonds is 7. The Morgan fingerprint density at radius 3 is 2.78 bits per heavy atom. The fraction of sp³-hybridized carbons (Fsp3) is 0.529. The summed E-state index contributed by atoms with van der Waals surface area (Å²) in [5, 5.41) is 9.49. The minimum Gasteiger partial charge on any atom is -0.497 e. The zero-order chi connectivity index (χ0) is 16.8. The van der Waals surface area contributed by atoms with Crippen LogP contribution in [0.2, 0.25) is 0 Å². The molecule has 23 heavy (non-hydrogen) atoms. The summed E-state index contributed by atoms with van der Waals surface area (Å²) in [6.07, 6.45) is 0.283. The summed E-state index contributed by atoms with van der Waals surface area (Å²) in [5.41, 5.74) is 0.886. The number of nitrogens with zero attached hydrogens (tertiary/aromatic N) is 1. The predicted octanol–water partition coefficient (Wildman–Crippen LogP) is 1.75. The number of hydrogen-bond donors (Lipinski definition) is 1. The predicted molar refractivity (Wildman–Crippen MR) is 84.6 cm³/mol. The maximum Gasteiger partial charge on any atom is 0.308 e. The third kappa shape index (κ3) is 4.22. The van der Waals surface area contributed by atoms with Gasteiger partial charge in [0.2, 0.25) is 5.91 Å². The van der Waals surface area contributed by atoms with Crippen molar-refractivity contribution in [1.29, 1.82) is 0 Å². The number of hydrogen-bond acceptors (Lipinski definition) is 4. The van der Waals surface area contributed by atoms with Crippen LogP contribution in [0.5, 0.6) is 5.75 Å². The molecule has 6 heteroatoms. The molecule has 0 saturated carbocycles. The van der Waals surface area contributed by atoms with Gasteiger partial charge in [0, 0.05) is 25.6 Å². The van der Waals surface area contributed by atoms with Crippen LogP contribution in [0.3, 0.4) is 0 Å². The fourth-order valence-corrected chi connectivity index (χ4v) is 2.93. The number of aliphatic carboxylic acids is 1. The molecule has 1 saturated heterocycles. The van der Waals surface area contributed by atoms with E-state index in [0.29, 0.717) is 25.5 Å². The van der Waals surface area contributed by atoms with Gasteiger partial charge in [-0.15, -0.1) is 0 Å². The van der Waals surface area contributed by atoms with E-state index in [4.69, 9.17) is 9.47 Å². The Balaban J connectivity index is 2.11. The van der Waals surface area contributed by atoms with Gasteiger partial charge < -0.3 is 19.5 Å². The number of carboxylic acid groups (broad SMARTS) is 1. The first-order valence-electron chi connectivity index (χ1n) is 7.79. The van der Waals surface area contributed by atoms with Crippen LogP contribution in [-0.4, -0.2) is 55.3 Å². The Morgan fingerprint density at radius 1 is 1.35 bits per heavy atom. The largest absolute Gasteiger partial charge is 0.497 e. The molecule has 1 fully saturated rings. The van der Waals surface area contributed by atoms with Crippen LogP contribution in [-0.2, 0) is 14.3 Å². The monoisotopic (exact) mass is 321 g/mol. The molecule has 0 aliphatic carbocycles. The highest BCUT2D eigenvalue weighted by Gasteiger charge is 2.40. The van der Waals surface area contributed by atoms with E-state index < -0.39 is 11.9 Å². The molecule has 0 aromatic heterocycles. The number of carboxylic acids is 1. The molecule has 1 aliphatic heterocycles. The van der Waals surface area contributed by atoms with Crippen molar-refractivity contribution in [3.63, 3.8) is 0 Å². The van der Waals surface area contributed by atoms with E-state index in [1.807, 2.05) is 31.2 Å². The van der Waals surface area contributed by atoms with E-state index in [2.05, 4.69) is 0 Å². The molecule has 1 aromatic carbocycles. The molecule has 1 amide bonds. The van der Waals surface area contributed by atoms with Crippen molar-refractivity contribution < 1.29 is 24.2 Å². The third-order valence-electron chi connectivity index (χ3n) is 4.18. The van der Waals surface area contributed by atoms with Crippen molar-refractivity contribution in [2.45, 2.75) is 19.3 Å². The van der Waals surface area contributed by atoms with E-state index >= 15 is 0 Å². The van der Waals surface area contributed by atoms with Gasteiger partial charge in [-0.1, -0.05) is 12.1 Å². The van der Waals surface area contributed by atoms with Crippen LogP contribution in [0.25, 0.3) is 0 Å². The molecule has 0 bridgehead atoms. The minimum atomic E-state index is -0.877. The summed E-state index contributed by atoms with van der Waals surface area (Å²) in [4.78, 5) is 25.4. The molecule has 0 spiro atoms. The van der Waals surface area contributed by atoms with Crippen LogP contribution >= 0.6 is 0 Å². The first kappa shape index (κ1) is 17.3. The normalized spacial score (nSPS) is 20.5. The number of carbonyl (C=O) groups is 2. The Labute approximate surface area is 136 Å². The lowest BCUT2D eigenvalue weighted by Crippen LogP contribution is -2.30. The number of likely N-dealkylation sites (tertiary alicyclic amines) is 1. The Bertz CT molecular complexity index is 560. The van der Waals surface area contributed by atoms with E-state index in [-0.39, 0.29) is 24.8 Å². The second-order valence-corrected chi connectivity index (χ2v) is 5.57. The summed E-state index contributed by atoms with van der Waals surface area (Å²) in [7, 11) is 1.58. The maximum atomic E-state index is 12.2. The first-order valence-corrected chi connectivity index (χ1v) is 7.79. The molecule has 1 heterocycles. The summed E-state index contributed by atoms with van der Waals surface area (Å²) >= 11 is 0. The highest BCUT2D eigenvalue weighted by Crippen LogP contribution is 2.34. The fourth-order valence-electron chi connectivity index (χ4n) is 2.93. The summed E-state index contributed by atoms with van der Waals surface area (Å²) in [6.45, 7) is 3.46. The van der Waals surface area contributed by atoms with Crippen LogP contribution in [0, 0.1) is 5.92 Å². The van der Waals surface area contributed by atoms with Gasteiger partial charge in [0.25, 0.3) is 0 Å². The van der Waals surface area contributed by atoms with E-state index in [0.717, 1.165) is 5.56 Å². The van der Waals surface area contributed by atoms with E-state index in [1.54, 1.807) is 12.0 Å². The van der Waals surface area contributed by atoms with Gasteiger partial charge in [-0.3, -0.25) is 9.59 Å². The molecule has 1 aliphatic rings. The van der Waals surface area contributed by atoms with Crippen LogP contribution in [0.4, 0.5) is 0 Å². The molecule has 2 atom stereocenters. The van der Waals surface area contributed by atoms with Crippen molar-refractivity contribution in [3.8, 4) is 5.75 Å². The van der Waals surface area contributed by atoms with Gasteiger partial charge in [-0.05, 0) is 24.6 Å². The van der Waals surface area contributed by atoms with E-state index in [1.165, 1.54) is 0 Å². The Kier molecular flexibility index (Phi) is 5.98. The molecule has 6 nitrogen and oxygen atoms in total. The number of methoxy groups -OCH3 is 1. The van der Waals surface area contributed by atoms with Crippen molar-refractivity contribution in [2.75, 3.05) is 33.4 Å². The van der Waals surface area contributed by atoms with Crippen LogP contribution in [0.1, 0.15) is 24.8 Å². The molecular formula is C17H23NO5. The van der Waals surface area contributed by atoms with Crippen molar-refractivity contribution in [1.82, 2.24) is 4.90 Å². The van der Waals surface area contributed by atoms with Crippen molar-refractivity contribution >= 4 is 11.9 Å². The lowest BCUT2D eigenvalue weighted by molar-refractivity contribution is -0.141. The number of amides is 1. The quantitative estimate of drug-likeness (QED) is 0.774. The second kappa shape index (κ2) is 7.97. The van der Waals surface area contributed by atoms with Crippen LogP contribution < -0.4 is 4.74 Å². The van der Waals surface area contributed by atoms with Gasteiger partial charge in [0.1, 0.15) is 5.75 Å². The topological polar surface area (TPSA) is 76.1 Å². The highest BCUT2D eigenvalue weighted by molar-refractivity contribution is 5.79. The molecule has 1 N–H and O–H groups in total. The van der Waals surface area contributed by atoms with Crippen LogP contribution in [0.15, 0.2) is 24.3 Å². The third-order valence-corrected chi connectivity index (χ3v) is 4.18. The van der Waals surface area contributed by atoms with Crippen molar-refractivity contribution in [2.24, 2.45) is 5.92 Å². The molecule has 0 unspecified atom stereocenters. The SMILES string of the molecule is CCOCCC(=O)N1C[C@@H](C(=O)O)[C@H](c2cccc(OC)c2)C1. The summed E-state index contributed by atoms with van der Waals surface area (Å²) in [6, 6.07) is 7.39. The standard InChI is InChI=1S/C17H23NO5/c1-3-23-8-7-16(19)18-10-14(15(11-18)17(20)21)12-5-4-6-13(9-12)22-2/h4-6,9,14-15H,3,7-8,10-11H2,1-2H3,(H,20,21)/t14-,15+/m0/s1. The zero-order valence-electron chi connectivity index (χ0n) is 13.5. The molecule has 1 aromatic rings. The Morgan fingerprint density at radius 2 is 2.13 bits per heavy atom. The lowest BCUT2D eigenvalue weighted by atomic mass is 9.89. The Hall–Kier alpha value is -2.08. The number of benzene rings is 1. The number of ether oxygens (including phenoxy) is 2. The highest BCUT2D eigenvalue weighted by atomic mass is 16.5. The number of carbonyl (C=O) groups excluding carboxylic acids is 1. The van der Waals surface area contributed by atoms with Crippen molar-refractivity contribution in [3.05, 3.63) is 29.8 Å². The van der Waals surface area contributed by atoms with Gasteiger partial charge >= 0.3 is 5.97 Å².